The Morgan fingerprint density at radius 3 is 2.89 bits per heavy atom. The van der Waals surface area contributed by atoms with Crippen LogP contribution in [0, 0.1) is 0 Å². The van der Waals surface area contributed by atoms with E-state index in [0.29, 0.717) is 33.9 Å². The minimum absolute atomic E-state index is 0.216. The van der Waals surface area contributed by atoms with Crippen LogP contribution >= 0.6 is 23.2 Å². The number of hydrogen-bond donors (Lipinski definition) is 0. The van der Waals surface area contributed by atoms with E-state index in [2.05, 4.69) is 10.1 Å². The van der Waals surface area contributed by atoms with Crippen LogP contribution in [-0.4, -0.2) is 23.4 Å². The fourth-order valence-corrected chi connectivity index (χ4v) is 2.40. The van der Waals surface area contributed by atoms with Gasteiger partial charge in [-0.2, -0.15) is 4.98 Å². The highest BCUT2D eigenvalue weighted by Crippen LogP contribution is 2.31. The maximum absolute atomic E-state index is 6.10. The molecular weight excluding hydrogens is 275 g/mol. The van der Waals surface area contributed by atoms with E-state index < -0.39 is 0 Å². The van der Waals surface area contributed by atoms with Gasteiger partial charge in [0, 0.05) is 17.5 Å². The van der Waals surface area contributed by atoms with Crippen molar-refractivity contribution in [3.05, 3.63) is 34.1 Å². The van der Waals surface area contributed by atoms with Gasteiger partial charge in [0.25, 0.3) is 5.89 Å². The number of benzene rings is 1. The molecule has 1 aromatic carbocycles. The average molecular weight is 285 g/mol. The summed E-state index contributed by atoms with van der Waals surface area (Å²) < 4.78 is 10.5. The third kappa shape index (κ3) is 2.23. The van der Waals surface area contributed by atoms with E-state index in [1.165, 1.54) is 0 Å². The van der Waals surface area contributed by atoms with E-state index in [0.717, 1.165) is 13.0 Å². The van der Waals surface area contributed by atoms with Crippen LogP contribution in [0.25, 0.3) is 11.5 Å². The Hall–Kier alpha value is -1.10. The van der Waals surface area contributed by atoms with Crippen LogP contribution in [0.15, 0.2) is 22.7 Å². The highest BCUT2D eigenvalue weighted by molar-refractivity contribution is 6.36. The fraction of sp³-hybridized carbons (Fsp3) is 0.333. The van der Waals surface area contributed by atoms with Gasteiger partial charge in [0.1, 0.15) is 0 Å². The molecule has 1 aliphatic heterocycles. The molecule has 6 heteroatoms. The van der Waals surface area contributed by atoms with Gasteiger partial charge in [-0.15, -0.1) is 0 Å². The molecule has 18 heavy (non-hydrogen) atoms. The molecule has 0 saturated carbocycles. The standard InChI is InChI=1S/C12H10Cl2N2O2/c13-8-1-2-9(10(14)5-8)12-15-11(16-18-12)7-3-4-17-6-7/h1-2,5,7H,3-4,6H2. The zero-order valence-electron chi connectivity index (χ0n) is 9.40. The molecule has 1 unspecified atom stereocenters. The lowest BCUT2D eigenvalue weighted by molar-refractivity contribution is 0.192. The van der Waals surface area contributed by atoms with Crippen molar-refractivity contribution in [3.63, 3.8) is 0 Å². The number of halogens is 2. The van der Waals surface area contributed by atoms with Gasteiger partial charge in [0.05, 0.1) is 17.2 Å². The Labute approximate surface area is 114 Å². The lowest BCUT2D eigenvalue weighted by Gasteiger charge is -1.99. The number of ether oxygens (including phenoxy) is 1. The molecule has 0 spiro atoms. The van der Waals surface area contributed by atoms with Crippen LogP contribution in [0.5, 0.6) is 0 Å². The third-order valence-corrected chi connectivity index (χ3v) is 3.45. The zero-order valence-corrected chi connectivity index (χ0v) is 10.9. The maximum atomic E-state index is 6.10. The molecule has 1 aromatic heterocycles. The van der Waals surface area contributed by atoms with Gasteiger partial charge in [-0.3, -0.25) is 0 Å². The number of aromatic nitrogens is 2. The molecule has 2 aromatic rings. The van der Waals surface area contributed by atoms with E-state index in [-0.39, 0.29) is 5.92 Å². The summed E-state index contributed by atoms with van der Waals surface area (Å²) in [4.78, 5) is 4.37. The van der Waals surface area contributed by atoms with Gasteiger partial charge in [-0.25, -0.2) is 0 Å². The molecule has 1 atom stereocenters. The summed E-state index contributed by atoms with van der Waals surface area (Å²) in [6.07, 6.45) is 0.924. The Bertz CT molecular complexity index is 565. The second-order valence-electron chi connectivity index (χ2n) is 4.14. The monoisotopic (exact) mass is 284 g/mol. The first-order valence-corrected chi connectivity index (χ1v) is 6.36. The second kappa shape index (κ2) is 4.88. The van der Waals surface area contributed by atoms with Crippen molar-refractivity contribution in [1.82, 2.24) is 10.1 Å². The fourth-order valence-electron chi connectivity index (χ4n) is 1.91. The van der Waals surface area contributed by atoms with Gasteiger partial charge in [0.15, 0.2) is 5.82 Å². The highest BCUT2D eigenvalue weighted by Gasteiger charge is 2.23. The van der Waals surface area contributed by atoms with E-state index in [9.17, 15) is 0 Å². The summed E-state index contributed by atoms with van der Waals surface area (Å²) in [6.45, 7) is 1.39. The molecule has 0 amide bonds. The maximum Gasteiger partial charge on any atom is 0.259 e. The Balaban J connectivity index is 1.92. The Morgan fingerprint density at radius 1 is 1.28 bits per heavy atom. The van der Waals surface area contributed by atoms with E-state index >= 15 is 0 Å². The summed E-state index contributed by atoms with van der Waals surface area (Å²) in [7, 11) is 0. The van der Waals surface area contributed by atoms with Crippen molar-refractivity contribution < 1.29 is 9.26 Å². The van der Waals surface area contributed by atoms with Crippen molar-refractivity contribution in [3.8, 4) is 11.5 Å². The lowest BCUT2D eigenvalue weighted by atomic mass is 10.1. The van der Waals surface area contributed by atoms with Crippen molar-refractivity contribution in [1.29, 1.82) is 0 Å². The van der Waals surface area contributed by atoms with Crippen LogP contribution in [0.2, 0.25) is 10.0 Å². The molecule has 1 fully saturated rings. The van der Waals surface area contributed by atoms with Gasteiger partial charge >= 0.3 is 0 Å². The van der Waals surface area contributed by atoms with Crippen LogP contribution < -0.4 is 0 Å². The topological polar surface area (TPSA) is 48.2 Å². The predicted octanol–water partition coefficient (Wildman–Crippen LogP) is 3.55. The Kier molecular flexibility index (Phi) is 3.24. The Morgan fingerprint density at radius 2 is 2.17 bits per heavy atom. The molecular formula is C12H10Cl2N2O2. The van der Waals surface area contributed by atoms with Crippen LogP contribution in [0.4, 0.5) is 0 Å². The molecule has 1 aliphatic rings. The predicted molar refractivity (Wildman–Crippen MR) is 67.9 cm³/mol. The first kappa shape index (κ1) is 12.0. The van der Waals surface area contributed by atoms with Crippen LogP contribution in [0.1, 0.15) is 18.2 Å². The first-order valence-electron chi connectivity index (χ1n) is 5.61. The summed E-state index contributed by atoms with van der Waals surface area (Å²) in [5, 5.41) is 5.06. The minimum Gasteiger partial charge on any atom is -0.381 e. The summed E-state index contributed by atoms with van der Waals surface area (Å²) in [5.74, 6) is 1.31. The van der Waals surface area contributed by atoms with E-state index in [1.54, 1.807) is 18.2 Å². The molecule has 0 aliphatic carbocycles. The van der Waals surface area contributed by atoms with Crippen molar-refractivity contribution in [2.75, 3.05) is 13.2 Å². The molecule has 0 N–H and O–H groups in total. The number of rotatable bonds is 2. The SMILES string of the molecule is Clc1ccc(-c2nc(C3CCOC3)no2)c(Cl)c1. The third-order valence-electron chi connectivity index (χ3n) is 2.90. The van der Waals surface area contributed by atoms with Gasteiger partial charge in [-0.1, -0.05) is 28.4 Å². The van der Waals surface area contributed by atoms with Crippen molar-refractivity contribution in [2.45, 2.75) is 12.3 Å². The van der Waals surface area contributed by atoms with Crippen molar-refractivity contribution >= 4 is 23.2 Å². The molecule has 3 rings (SSSR count). The lowest BCUT2D eigenvalue weighted by Crippen LogP contribution is -1.99. The minimum atomic E-state index is 0.216. The molecule has 4 nitrogen and oxygen atoms in total. The first-order chi connectivity index (χ1) is 8.74. The molecule has 2 heterocycles. The summed E-state index contributed by atoms with van der Waals surface area (Å²) in [6, 6.07) is 5.17. The molecule has 0 bridgehead atoms. The molecule has 0 radical (unpaired) electrons. The van der Waals surface area contributed by atoms with E-state index in [1.807, 2.05) is 0 Å². The van der Waals surface area contributed by atoms with Gasteiger partial charge in [-0.05, 0) is 24.6 Å². The van der Waals surface area contributed by atoms with Gasteiger partial charge < -0.3 is 9.26 Å². The summed E-state index contributed by atoms with van der Waals surface area (Å²) in [5.41, 5.74) is 0.693. The normalized spacial score (nSPS) is 19.3. The summed E-state index contributed by atoms with van der Waals surface area (Å²) >= 11 is 11.9. The zero-order chi connectivity index (χ0) is 12.5. The second-order valence-corrected chi connectivity index (χ2v) is 4.99. The van der Waals surface area contributed by atoms with Crippen LogP contribution in [-0.2, 0) is 4.74 Å². The molecule has 1 saturated heterocycles. The highest BCUT2D eigenvalue weighted by atomic mass is 35.5. The van der Waals surface area contributed by atoms with Crippen molar-refractivity contribution in [2.24, 2.45) is 0 Å². The number of hydrogen-bond acceptors (Lipinski definition) is 4. The largest absolute Gasteiger partial charge is 0.381 e. The van der Waals surface area contributed by atoms with E-state index in [4.69, 9.17) is 32.5 Å². The molecule has 94 valence electrons. The smallest absolute Gasteiger partial charge is 0.259 e. The van der Waals surface area contributed by atoms with Gasteiger partial charge in [0.2, 0.25) is 0 Å². The quantitative estimate of drug-likeness (QED) is 0.846. The number of nitrogens with zero attached hydrogens (tertiary/aromatic N) is 2. The van der Waals surface area contributed by atoms with Crippen LogP contribution in [0.3, 0.4) is 0 Å². The average Bonchev–Trinajstić information content (AvgIpc) is 2.99.